The highest BCUT2D eigenvalue weighted by Crippen LogP contribution is 2.17. The van der Waals surface area contributed by atoms with Crippen molar-refractivity contribution in [1.29, 1.82) is 0 Å². The predicted octanol–water partition coefficient (Wildman–Crippen LogP) is 2.63. The second-order valence-electron chi connectivity index (χ2n) is 2.50. The Labute approximate surface area is 72.8 Å². The number of hydrogen-bond donors (Lipinski definition) is 1. The van der Waals surface area contributed by atoms with E-state index in [-0.39, 0.29) is 0 Å². The van der Waals surface area contributed by atoms with Crippen molar-refractivity contribution in [1.82, 2.24) is 9.97 Å². The maximum absolute atomic E-state index is 4.32. The molecule has 0 atom stereocenters. The third-order valence-corrected chi connectivity index (χ3v) is 2.12. The molecule has 0 amide bonds. The summed E-state index contributed by atoms with van der Waals surface area (Å²) in [5.41, 5.74) is 3.31. The quantitative estimate of drug-likeness (QED) is 0.666. The Bertz CT molecular complexity index is 392. The van der Waals surface area contributed by atoms with Crippen molar-refractivity contribution in [2.24, 2.45) is 0 Å². The number of nitrogens with zero attached hydrogens (tertiary/aromatic N) is 1. The standard InChI is InChI=1S/C8H7BrN2/c1-5-4-10-6-2-3-7(9)11-8(5)6/h2-4,10H,1H3. The molecular weight excluding hydrogens is 204 g/mol. The molecule has 0 bridgehead atoms. The van der Waals surface area contributed by atoms with Gasteiger partial charge in [0.15, 0.2) is 0 Å². The average Bonchev–Trinajstić information content (AvgIpc) is 2.33. The molecule has 11 heavy (non-hydrogen) atoms. The van der Waals surface area contributed by atoms with Gasteiger partial charge in [-0.25, -0.2) is 4.98 Å². The fraction of sp³-hybridized carbons (Fsp3) is 0.125. The SMILES string of the molecule is Cc1c[nH]c2ccc(Br)nc12. The molecule has 0 spiro atoms. The van der Waals surface area contributed by atoms with Gasteiger partial charge in [-0.15, -0.1) is 0 Å². The monoisotopic (exact) mass is 210 g/mol. The highest BCUT2D eigenvalue weighted by Gasteiger charge is 1.99. The minimum Gasteiger partial charge on any atom is -0.360 e. The van der Waals surface area contributed by atoms with Crippen molar-refractivity contribution < 1.29 is 0 Å². The molecule has 2 nitrogen and oxygen atoms in total. The zero-order chi connectivity index (χ0) is 7.84. The molecule has 0 saturated carbocycles. The van der Waals surface area contributed by atoms with Crippen LogP contribution in [0.1, 0.15) is 5.56 Å². The molecule has 56 valence electrons. The minimum absolute atomic E-state index is 0.882. The Morgan fingerprint density at radius 1 is 1.45 bits per heavy atom. The molecule has 0 aliphatic rings. The summed E-state index contributed by atoms with van der Waals surface area (Å²) in [4.78, 5) is 7.45. The normalized spacial score (nSPS) is 10.7. The van der Waals surface area contributed by atoms with Crippen LogP contribution in [0, 0.1) is 6.92 Å². The second kappa shape index (κ2) is 2.34. The van der Waals surface area contributed by atoms with Gasteiger partial charge in [0.05, 0.1) is 11.0 Å². The summed E-state index contributed by atoms with van der Waals surface area (Å²) < 4.78 is 0.882. The number of nitrogens with one attached hydrogen (secondary N) is 1. The van der Waals surface area contributed by atoms with E-state index in [9.17, 15) is 0 Å². The number of halogens is 1. The highest BCUT2D eigenvalue weighted by atomic mass is 79.9. The molecule has 1 N–H and O–H groups in total. The fourth-order valence-corrected chi connectivity index (χ4v) is 1.42. The van der Waals surface area contributed by atoms with E-state index in [1.807, 2.05) is 25.3 Å². The van der Waals surface area contributed by atoms with Crippen molar-refractivity contribution in [2.45, 2.75) is 6.92 Å². The zero-order valence-corrected chi connectivity index (χ0v) is 7.64. The van der Waals surface area contributed by atoms with Crippen LogP contribution >= 0.6 is 15.9 Å². The Hall–Kier alpha value is -0.830. The first-order valence-corrected chi connectivity index (χ1v) is 4.17. The van der Waals surface area contributed by atoms with Gasteiger partial charge < -0.3 is 4.98 Å². The van der Waals surface area contributed by atoms with Crippen LogP contribution in [-0.2, 0) is 0 Å². The van der Waals surface area contributed by atoms with Gasteiger partial charge in [0.1, 0.15) is 4.60 Å². The van der Waals surface area contributed by atoms with E-state index in [1.54, 1.807) is 0 Å². The summed E-state index contributed by atoms with van der Waals surface area (Å²) in [7, 11) is 0. The van der Waals surface area contributed by atoms with Crippen LogP contribution in [0.5, 0.6) is 0 Å². The largest absolute Gasteiger partial charge is 0.360 e. The third kappa shape index (κ3) is 1.05. The number of aryl methyl sites for hydroxylation is 1. The van der Waals surface area contributed by atoms with Crippen molar-refractivity contribution in [3.63, 3.8) is 0 Å². The molecule has 3 heteroatoms. The van der Waals surface area contributed by atoms with Crippen molar-refractivity contribution in [3.05, 3.63) is 28.5 Å². The van der Waals surface area contributed by atoms with Crippen LogP contribution in [0.4, 0.5) is 0 Å². The molecule has 2 aromatic rings. The summed E-state index contributed by atoms with van der Waals surface area (Å²) in [6, 6.07) is 3.94. The van der Waals surface area contributed by atoms with Crippen LogP contribution in [0.3, 0.4) is 0 Å². The van der Waals surface area contributed by atoms with Gasteiger partial charge in [-0.1, -0.05) is 0 Å². The summed E-state index contributed by atoms with van der Waals surface area (Å²) in [5.74, 6) is 0. The van der Waals surface area contributed by atoms with Crippen LogP contribution in [0.15, 0.2) is 22.9 Å². The maximum atomic E-state index is 4.32. The van der Waals surface area contributed by atoms with Gasteiger partial charge in [-0.05, 0) is 40.5 Å². The highest BCUT2D eigenvalue weighted by molar-refractivity contribution is 9.10. The lowest BCUT2D eigenvalue weighted by molar-refractivity contribution is 1.34. The minimum atomic E-state index is 0.882. The van der Waals surface area contributed by atoms with Crippen LogP contribution in [0.25, 0.3) is 11.0 Å². The molecule has 2 heterocycles. The number of hydrogen-bond acceptors (Lipinski definition) is 1. The van der Waals surface area contributed by atoms with Crippen LogP contribution < -0.4 is 0 Å². The smallest absolute Gasteiger partial charge is 0.106 e. The lowest BCUT2D eigenvalue weighted by Gasteiger charge is -1.90. The molecule has 2 rings (SSSR count). The Morgan fingerprint density at radius 2 is 2.27 bits per heavy atom. The van der Waals surface area contributed by atoms with E-state index in [0.717, 1.165) is 15.6 Å². The predicted molar refractivity (Wildman–Crippen MR) is 48.5 cm³/mol. The number of aromatic amines is 1. The lowest BCUT2D eigenvalue weighted by atomic mass is 10.3. The van der Waals surface area contributed by atoms with E-state index >= 15 is 0 Å². The first kappa shape index (κ1) is 6.85. The molecule has 2 aromatic heterocycles. The van der Waals surface area contributed by atoms with Gasteiger partial charge in [-0.2, -0.15) is 0 Å². The summed E-state index contributed by atoms with van der Waals surface area (Å²) >= 11 is 3.33. The number of pyridine rings is 1. The molecule has 0 radical (unpaired) electrons. The number of H-pyrrole nitrogens is 1. The maximum Gasteiger partial charge on any atom is 0.106 e. The van der Waals surface area contributed by atoms with Gasteiger partial charge in [0, 0.05) is 6.20 Å². The number of rotatable bonds is 0. The van der Waals surface area contributed by atoms with Gasteiger partial charge in [-0.3, -0.25) is 0 Å². The second-order valence-corrected chi connectivity index (χ2v) is 3.31. The molecule has 0 fully saturated rings. The van der Waals surface area contributed by atoms with E-state index < -0.39 is 0 Å². The first-order chi connectivity index (χ1) is 5.27. The molecule has 0 aliphatic heterocycles. The van der Waals surface area contributed by atoms with Gasteiger partial charge in [0.25, 0.3) is 0 Å². The number of fused-ring (bicyclic) bond motifs is 1. The number of aromatic nitrogens is 2. The van der Waals surface area contributed by atoms with Crippen molar-refractivity contribution in [2.75, 3.05) is 0 Å². The Morgan fingerprint density at radius 3 is 3.09 bits per heavy atom. The molecule has 0 saturated heterocycles. The lowest BCUT2D eigenvalue weighted by Crippen LogP contribution is -1.76. The van der Waals surface area contributed by atoms with Crippen molar-refractivity contribution in [3.8, 4) is 0 Å². The van der Waals surface area contributed by atoms with Crippen LogP contribution in [-0.4, -0.2) is 9.97 Å². The fourth-order valence-electron chi connectivity index (χ4n) is 1.11. The van der Waals surface area contributed by atoms with E-state index in [0.29, 0.717) is 0 Å². The molecule has 0 aliphatic carbocycles. The molecule has 0 aromatic carbocycles. The van der Waals surface area contributed by atoms with Crippen LogP contribution in [0.2, 0.25) is 0 Å². The van der Waals surface area contributed by atoms with Gasteiger partial charge >= 0.3 is 0 Å². The van der Waals surface area contributed by atoms with Crippen molar-refractivity contribution >= 4 is 27.0 Å². The Balaban J connectivity index is 2.87. The first-order valence-electron chi connectivity index (χ1n) is 3.37. The van der Waals surface area contributed by atoms with E-state index in [4.69, 9.17) is 0 Å². The Kier molecular flexibility index (Phi) is 1.46. The summed E-state index contributed by atoms with van der Waals surface area (Å²) in [6.07, 6.45) is 1.96. The average molecular weight is 211 g/mol. The summed E-state index contributed by atoms with van der Waals surface area (Å²) in [6.45, 7) is 2.04. The van der Waals surface area contributed by atoms with E-state index in [2.05, 4.69) is 25.9 Å². The third-order valence-electron chi connectivity index (χ3n) is 1.68. The van der Waals surface area contributed by atoms with Gasteiger partial charge in [0.2, 0.25) is 0 Å². The topological polar surface area (TPSA) is 28.7 Å². The summed E-state index contributed by atoms with van der Waals surface area (Å²) in [5, 5.41) is 0. The van der Waals surface area contributed by atoms with E-state index in [1.165, 1.54) is 5.56 Å². The molecular formula is C8H7BrN2. The zero-order valence-electron chi connectivity index (χ0n) is 6.06. The molecule has 0 unspecified atom stereocenters.